The first kappa shape index (κ1) is 16.4. The van der Waals surface area contributed by atoms with E-state index >= 15 is 0 Å². The summed E-state index contributed by atoms with van der Waals surface area (Å²) >= 11 is 0. The maximum Gasteiger partial charge on any atom is 0.260 e. The number of halogens is 1. The molecule has 1 aliphatic rings. The molecular formula is C11H21ClN4O2S. The highest BCUT2D eigenvalue weighted by Gasteiger charge is 2.27. The van der Waals surface area contributed by atoms with Gasteiger partial charge in [0.25, 0.3) is 10.0 Å². The van der Waals surface area contributed by atoms with Gasteiger partial charge in [-0.05, 0) is 25.5 Å². The Morgan fingerprint density at radius 2 is 2.16 bits per heavy atom. The Labute approximate surface area is 120 Å². The van der Waals surface area contributed by atoms with Crippen LogP contribution in [0.15, 0.2) is 17.3 Å². The Balaban J connectivity index is 0.00000180. The summed E-state index contributed by atoms with van der Waals surface area (Å²) in [5, 5.41) is 7.60. The smallest absolute Gasteiger partial charge is 0.260 e. The average Bonchev–Trinajstić information content (AvgIpc) is 2.64. The van der Waals surface area contributed by atoms with Gasteiger partial charge in [0, 0.05) is 26.2 Å². The summed E-state index contributed by atoms with van der Waals surface area (Å²) in [6.45, 7) is 5.33. The molecule has 0 unspecified atom stereocenters. The molecule has 8 heteroatoms. The molecule has 0 aromatic carbocycles. The average molecular weight is 309 g/mol. The van der Waals surface area contributed by atoms with Crippen LogP contribution in [0.3, 0.4) is 0 Å². The fourth-order valence-corrected chi connectivity index (χ4v) is 3.72. The highest BCUT2D eigenvalue weighted by atomic mass is 35.5. The van der Waals surface area contributed by atoms with E-state index in [1.165, 1.54) is 0 Å². The van der Waals surface area contributed by atoms with Crippen LogP contribution in [0, 0.1) is 0 Å². The van der Waals surface area contributed by atoms with Crippen LogP contribution in [-0.2, 0) is 16.6 Å². The molecule has 2 rings (SSSR count). The zero-order valence-corrected chi connectivity index (χ0v) is 12.7. The van der Waals surface area contributed by atoms with E-state index in [4.69, 9.17) is 0 Å². The van der Waals surface area contributed by atoms with Crippen LogP contribution >= 0.6 is 12.4 Å². The van der Waals surface area contributed by atoms with Crippen molar-refractivity contribution in [2.24, 2.45) is 0 Å². The summed E-state index contributed by atoms with van der Waals surface area (Å²) in [5.74, 6) is 0. The van der Waals surface area contributed by atoms with E-state index in [0.717, 1.165) is 19.4 Å². The molecular weight excluding hydrogens is 288 g/mol. The molecule has 2 heterocycles. The van der Waals surface area contributed by atoms with E-state index in [2.05, 4.69) is 10.4 Å². The Kier molecular flexibility index (Phi) is 6.25. The number of rotatable bonds is 4. The molecule has 19 heavy (non-hydrogen) atoms. The van der Waals surface area contributed by atoms with Crippen molar-refractivity contribution in [1.82, 2.24) is 19.4 Å². The third-order valence-electron chi connectivity index (χ3n) is 3.02. The number of nitrogens with zero attached hydrogens (tertiary/aromatic N) is 3. The van der Waals surface area contributed by atoms with E-state index < -0.39 is 10.0 Å². The monoisotopic (exact) mass is 308 g/mol. The van der Waals surface area contributed by atoms with E-state index in [1.54, 1.807) is 21.3 Å². The third-order valence-corrected chi connectivity index (χ3v) is 4.94. The standard InChI is InChI=1S/C11H20N4O2S.ClH/c1-2-8-15-11(4-6-13-15)18(16,17)14-9-3-5-12-7-10-14;/h4,6,12H,2-3,5,7-10H2,1H3;1H. The largest absolute Gasteiger partial charge is 0.315 e. The number of hydrogen-bond acceptors (Lipinski definition) is 4. The normalized spacial score (nSPS) is 17.7. The van der Waals surface area contributed by atoms with Gasteiger partial charge in [-0.1, -0.05) is 6.92 Å². The topological polar surface area (TPSA) is 67.2 Å². The Morgan fingerprint density at radius 3 is 2.89 bits per heavy atom. The van der Waals surface area contributed by atoms with Gasteiger partial charge in [-0.3, -0.25) is 4.68 Å². The van der Waals surface area contributed by atoms with Crippen LogP contribution in [-0.4, -0.2) is 48.7 Å². The number of nitrogens with one attached hydrogen (secondary N) is 1. The fraction of sp³-hybridized carbons (Fsp3) is 0.727. The van der Waals surface area contributed by atoms with Crippen molar-refractivity contribution >= 4 is 22.4 Å². The van der Waals surface area contributed by atoms with E-state index in [-0.39, 0.29) is 12.4 Å². The highest BCUT2D eigenvalue weighted by molar-refractivity contribution is 7.89. The first-order chi connectivity index (χ1) is 8.66. The van der Waals surface area contributed by atoms with Crippen LogP contribution in [0.25, 0.3) is 0 Å². The highest BCUT2D eigenvalue weighted by Crippen LogP contribution is 2.16. The second-order valence-corrected chi connectivity index (χ2v) is 6.29. The minimum absolute atomic E-state index is 0. The summed E-state index contributed by atoms with van der Waals surface area (Å²) in [5.41, 5.74) is 0. The van der Waals surface area contributed by atoms with Gasteiger partial charge in [0.2, 0.25) is 0 Å². The van der Waals surface area contributed by atoms with Crippen molar-refractivity contribution in [3.8, 4) is 0 Å². The summed E-state index contributed by atoms with van der Waals surface area (Å²) < 4.78 is 28.2. The first-order valence-corrected chi connectivity index (χ1v) is 7.83. The van der Waals surface area contributed by atoms with Gasteiger partial charge in [-0.15, -0.1) is 12.4 Å². The van der Waals surface area contributed by atoms with Crippen molar-refractivity contribution in [2.45, 2.75) is 31.3 Å². The second-order valence-electron chi connectivity index (χ2n) is 4.40. The SMILES string of the molecule is CCCn1nccc1S(=O)(=O)N1CCCNCC1.Cl. The molecule has 0 amide bonds. The molecule has 6 nitrogen and oxygen atoms in total. The maximum absolute atomic E-state index is 12.5. The van der Waals surface area contributed by atoms with Crippen molar-refractivity contribution in [3.63, 3.8) is 0 Å². The molecule has 1 fully saturated rings. The zero-order chi connectivity index (χ0) is 13.0. The predicted molar refractivity (Wildman–Crippen MR) is 76.0 cm³/mol. The number of sulfonamides is 1. The third kappa shape index (κ3) is 3.68. The molecule has 0 radical (unpaired) electrons. The molecule has 1 N–H and O–H groups in total. The van der Waals surface area contributed by atoms with Crippen LogP contribution in [0.1, 0.15) is 19.8 Å². The summed E-state index contributed by atoms with van der Waals surface area (Å²) in [6.07, 6.45) is 3.27. The van der Waals surface area contributed by atoms with Gasteiger partial charge >= 0.3 is 0 Å². The molecule has 1 saturated heterocycles. The second kappa shape index (κ2) is 7.23. The van der Waals surface area contributed by atoms with Crippen LogP contribution in [0.5, 0.6) is 0 Å². The molecule has 0 spiro atoms. The first-order valence-electron chi connectivity index (χ1n) is 6.39. The zero-order valence-electron chi connectivity index (χ0n) is 11.1. The number of hydrogen-bond donors (Lipinski definition) is 1. The Hall–Kier alpha value is -0.630. The lowest BCUT2D eigenvalue weighted by Crippen LogP contribution is -2.35. The number of aromatic nitrogens is 2. The minimum Gasteiger partial charge on any atom is -0.315 e. The van der Waals surface area contributed by atoms with E-state index in [9.17, 15) is 8.42 Å². The lowest BCUT2D eigenvalue weighted by molar-refractivity contribution is 0.420. The van der Waals surface area contributed by atoms with Gasteiger partial charge in [-0.2, -0.15) is 9.40 Å². The molecule has 0 atom stereocenters. The summed E-state index contributed by atoms with van der Waals surface area (Å²) in [7, 11) is -3.40. The van der Waals surface area contributed by atoms with Crippen molar-refractivity contribution < 1.29 is 8.42 Å². The van der Waals surface area contributed by atoms with Crippen LogP contribution in [0.4, 0.5) is 0 Å². The quantitative estimate of drug-likeness (QED) is 0.889. The van der Waals surface area contributed by atoms with Crippen LogP contribution in [0.2, 0.25) is 0 Å². The lowest BCUT2D eigenvalue weighted by Gasteiger charge is -2.19. The summed E-state index contributed by atoms with van der Waals surface area (Å²) in [4.78, 5) is 0. The minimum atomic E-state index is -3.40. The van der Waals surface area contributed by atoms with E-state index in [1.807, 2.05) is 6.92 Å². The predicted octanol–water partition coefficient (Wildman–Crippen LogP) is 0.699. The number of aryl methyl sites for hydroxylation is 1. The molecule has 1 aliphatic heterocycles. The van der Waals surface area contributed by atoms with E-state index in [0.29, 0.717) is 31.2 Å². The summed E-state index contributed by atoms with van der Waals surface area (Å²) in [6, 6.07) is 1.59. The molecule has 110 valence electrons. The van der Waals surface area contributed by atoms with Gasteiger partial charge in [-0.25, -0.2) is 8.42 Å². The maximum atomic E-state index is 12.5. The van der Waals surface area contributed by atoms with Crippen molar-refractivity contribution in [3.05, 3.63) is 12.3 Å². The van der Waals surface area contributed by atoms with Crippen molar-refractivity contribution in [2.75, 3.05) is 26.2 Å². The molecule has 0 saturated carbocycles. The van der Waals surface area contributed by atoms with Crippen LogP contribution < -0.4 is 5.32 Å². The molecule has 0 aliphatic carbocycles. The Bertz CT molecular complexity index is 481. The van der Waals surface area contributed by atoms with Gasteiger partial charge in [0.1, 0.15) is 0 Å². The fourth-order valence-electron chi connectivity index (χ4n) is 2.11. The van der Waals surface area contributed by atoms with Gasteiger partial charge < -0.3 is 5.32 Å². The van der Waals surface area contributed by atoms with Crippen molar-refractivity contribution in [1.29, 1.82) is 0 Å². The lowest BCUT2D eigenvalue weighted by atomic mass is 10.4. The molecule has 1 aromatic heterocycles. The Morgan fingerprint density at radius 1 is 1.37 bits per heavy atom. The van der Waals surface area contributed by atoms with Gasteiger partial charge in [0.15, 0.2) is 5.03 Å². The van der Waals surface area contributed by atoms with Gasteiger partial charge in [0.05, 0.1) is 6.20 Å². The molecule has 0 bridgehead atoms. The molecule has 1 aromatic rings.